The quantitative estimate of drug-likeness (QED) is 0.463. The molecule has 0 bridgehead atoms. The van der Waals surface area contributed by atoms with E-state index in [4.69, 9.17) is 14.2 Å². The molecule has 1 unspecified atom stereocenters. The van der Waals surface area contributed by atoms with E-state index in [-0.39, 0.29) is 6.04 Å². The number of nitrogens with zero attached hydrogens (tertiary/aromatic N) is 2. The molecule has 0 aliphatic heterocycles. The van der Waals surface area contributed by atoms with Crippen molar-refractivity contribution in [2.45, 2.75) is 25.9 Å². The lowest BCUT2D eigenvalue weighted by Gasteiger charge is -2.28. The van der Waals surface area contributed by atoms with Crippen LogP contribution in [0, 0.1) is 0 Å². The van der Waals surface area contributed by atoms with Crippen molar-refractivity contribution < 1.29 is 14.2 Å². The van der Waals surface area contributed by atoms with Crippen LogP contribution in [0.2, 0.25) is 0 Å². The third-order valence-corrected chi connectivity index (χ3v) is 4.52. The Labute approximate surface area is 174 Å². The van der Waals surface area contributed by atoms with Gasteiger partial charge in [0.1, 0.15) is 6.61 Å². The molecule has 156 valence electrons. The Morgan fingerprint density at radius 2 is 2.00 bits per heavy atom. The first-order chi connectivity index (χ1) is 14.1. The summed E-state index contributed by atoms with van der Waals surface area (Å²) in [7, 11) is 3.79. The van der Waals surface area contributed by atoms with Gasteiger partial charge in [0, 0.05) is 25.4 Å². The Morgan fingerprint density at radius 3 is 2.62 bits per heavy atom. The summed E-state index contributed by atoms with van der Waals surface area (Å²) in [6.07, 6.45) is 6.12. The van der Waals surface area contributed by atoms with Crippen molar-refractivity contribution in [1.29, 1.82) is 0 Å². The summed E-state index contributed by atoms with van der Waals surface area (Å²) in [5.74, 6) is 1.51. The van der Waals surface area contributed by atoms with Crippen LogP contribution in [0.1, 0.15) is 29.8 Å². The number of hydrogen-bond acceptors (Lipinski definition) is 5. The topological polar surface area (TPSA) is 43.8 Å². The van der Waals surface area contributed by atoms with Gasteiger partial charge in [0.05, 0.1) is 24.9 Å². The van der Waals surface area contributed by atoms with E-state index in [2.05, 4.69) is 36.2 Å². The summed E-state index contributed by atoms with van der Waals surface area (Å²) >= 11 is 0. The average molecular weight is 397 g/mol. The van der Waals surface area contributed by atoms with Gasteiger partial charge in [0.2, 0.25) is 0 Å². The molecule has 1 heterocycles. The van der Waals surface area contributed by atoms with Crippen LogP contribution in [0.15, 0.2) is 61.8 Å². The summed E-state index contributed by atoms with van der Waals surface area (Å²) in [6.45, 7) is 11.9. The Bertz CT molecular complexity index is 777. The van der Waals surface area contributed by atoms with Crippen LogP contribution < -0.4 is 9.47 Å². The first-order valence-electron chi connectivity index (χ1n) is 9.87. The van der Waals surface area contributed by atoms with Crippen LogP contribution in [0.3, 0.4) is 0 Å². The fourth-order valence-electron chi connectivity index (χ4n) is 3.26. The lowest BCUT2D eigenvalue weighted by atomic mass is 10.0. The molecule has 2 rings (SSSR count). The number of ether oxygens (including phenoxy) is 3. The first kappa shape index (κ1) is 22.7. The smallest absolute Gasteiger partial charge is 0.165 e. The maximum atomic E-state index is 5.90. The van der Waals surface area contributed by atoms with Crippen molar-refractivity contribution in [3.8, 4) is 11.5 Å². The number of benzene rings is 1. The number of likely N-dealkylation sites (N-methyl/N-ethyl adjacent to an activating group) is 1. The van der Waals surface area contributed by atoms with E-state index in [0.717, 1.165) is 34.9 Å². The molecule has 1 aromatic heterocycles. The van der Waals surface area contributed by atoms with Crippen LogP contribution in [0.4, 0.5) is 0 Å². The third kappa shape index (κ3) is 6.44. The number of allylic oxidation sites excluding steroid dienone is 1. The van der Waals surface area contributed by atoms with Gasteiger partial charge in [-0.3, -0.25) is 9.88 Å². The lowest BCUT2D eigenvalue weighted by molar-refractivity contribution is 0.0999. The van der Waals surface area contributed by atoms with E-state index < -0.39 is 0 Å². The van der Waals surface area contributed by atoms with E-state index in [0.29, 0.717) is 26.2 Å². The van der Waals surface area contributed by atoms with Crippen LogP contribution >= 0.6 is 0 Å². The molecular formula is C24H32N2O3. The van der Waals surface area contributed by atoms with Crippen molar-refractivity contribution >= 4 is 0 Å². The number of methoxy groups -OCH3 is 1. The second-order valence-electron chi connectivity index (χ2n) is 6.75. The molecule has 1 aromatic carbocycles. The third-order valence-electron chi connectivity index (χ3n) is 4.52. The van der Waals surface area contributed by atoms with Gasteiger partial charge < -0.3 is 14.2 Å². The molecule has 0 spiro atoms. The number of rotatable bonds is 13. The minimum atomic E-state index is 0.0521. The molecule has 2 aromatic rings. The molecule has 0 aliphatic carbocycles. The van der Waals surface area contributed by atoms with Crippen LogP contribution in [0.5, 0.6) is 11.5 Å². The van der Waals surface area contributed by atoms with E-state index >= 15 is 0 Å². The van der Waals surface area contributed by atoms with E-state index in [9.17, 15) is 0 Å². The highest BCUT2D eigenvalue weighted by molar-refractivity contribution is 5.50. The molecule has 0 fully saturated rings. The second-order valence-corrected chi connectivity index (χ2v) is 6.75. The van der Waals surface area contributed by atoms with Crippen molar-refractivity contribution in [1.82, 2.24) is 9.88 Å². The van der Waals surface area contributed by atoms with Gasteiger partial charge in [-0.05, 0) is 44.2 Å². The second kappa shape index (κ2) is 12.0. The molecule has 1 atom stereocenters. The molecular weight excluding hydrogens is 364 g/mol. The maximum absolute atomic E-state index is 5.90. The molecule has 29 heavy (non-hydrogen) atoms. The molecule has 0 saturated heterocycles. The highest BCUT2D eigenvalue weighted by atomic mass is 16.5. The van der Waals surface area contributed by atoms with Crippen molar-refractivity contribution in [3.63, 3.8) is 0 Å². The van der Waals surface area contributed by atoms with E-state index in [1.54, 1.807) is 13.2 Å². The SMILES string of the molecule is C=CCOc1c(CC=C)cc(CN(C)C(COC)c2ccccn2)cc1OCC. The predicted octanol–water partition coefficient (Wildman–Crippen LogP) is 4.59. The van der Waals surface area contributed by atoms with Gasteiger partial charge in [0.15, 0.2) is 11.5 Å². The Balaban J connectivity index is 2.34. The normalized spacial score (nSPS) is 11.9. The van der Waals surface area contributed by atoms with Gasteiger partial charge in [0.25, 0.3) is 0 Å². The van der Waals surface area contributed by atoms with Crippen LogP contribution in [-0.2, 0) is 17.7 Å². The lowest BCUT2D eigenvalue weighted by Crippen LogP contribution is -2.28. The van der Waals surface area contributed by atoms with Crippen LogP contribution in [0.25, 0.3) is 0 Å². The van der Waals surface area contributed by atoms with Gasteiger partial charge in [-0.2, -0.15) is 0 Å². The summed E-state index contributed by atoms with van der Waals surface area (Å²) < 4.78 is 17.2. The largest absolute Gasteiger partial charge is 0.490 e. The highest BCUT2D eigenvalue weighted by Gasteiger charge is 2.20. The average Bonchev–Trinajstić information content (AvgIpc) is 2.72. The molecule has 0 N–H and O–H groups in total. The van der Waals surface area contributed by atoms with E-state index in [1.807, 2.05) is 43.5 Å². The van der Waals surface area contributed by atoms with E-state index in [1.165, 1.54) is 0 Å². The zero-order valence-electron chi connectivity index (χ0n) is 17.8. The van der Waals surface area contributed by atoms with Gasteiger partial charge in [-0.15, -0.1) is 6.58 Å². The van der Waals surface area contributed by atoms with Crippen molar-refractivity contribution in [3.05, 3.63) is 78.7 Å². The zero-order chi connectivity index (χ0) is 21.1. The zero-order valence-corrected chi connectivity index (χ0v) is 17.8. The molecule has 0 aliphatic rings. The van der Waals surface area contributed by atoms with Gasteiger partial charge >= 0.3 is 0 Å². The van der Waals surface area contributed by atoms with Crippen LogP contribution in [-0.4, -0.2) is 43.9 Å². The molecule has 0 saturated carbocycles. The Kier molecular flexibility index (Phi) is 9.41. The summed E-state index contributed by atoms with van der Waals surface area (Å²) in [4.78, 5) is 6.75. The molecule has 0 radical (unpaired) electrons. The minimum Gasteiger partial charge on any atom is -0.490 e. The summed E-state index contributed by atoms with van der Waals surface area (Å²) in [6, 6.07) is 10.2. The van der Waals surface area contributed by atoms with Crippen molar-refractivity contribution in [2.24, 2.45) is 0 Å². The Morgan fingerprint density at radius 1 is 1.17 bits per heavy atom. The standard InChI is InChI=1S/C24H32N2O3/c1-6-11-20-15-19(16-23(28-8-3)24(20)29-14-7-2)17-26(4)22(18-27-5)21-12-9-10-13-25-21/h6-7,9-10,12-13,15-16,22H,1-2,8,11,14,17-18H2,3-5H3. The molecule has 5 heteroatoms. The summed E-state index contributed by atoms with van der Waals surface area (Å²) in [5, 5.41) is 0. The summed E-state index contributed by atoms with van der Waals surface area (Å²) in [5.41, 5.74) is 3.17. The predicted molar refractivity (Wildman–Crippen MR) is 118 cm³/mol. The fourth-order valence-corrected chi connectivity index (χ4v) is 3.26. The van der Waals surface area contributed by atoms with Gasteiger partial charge in [-0.1, -0.05) is 30.9 Å². The molecule has 5 nitrogen and oxygen atoms in total. The number of pyridine rings is 1. The maximum Gasteiger partial charge on any atom is 0.165 e. The minimum absolute atomic E-state index is 0.0521. The first-order valence-corrected chi connectivity index (χ1v) is 9.87. The molecule has 0 amide bonds. The van der Waals surface area contributed by atoms with Gasteiger partial charge in [-0.25, -0.2) is 0 Å². The number of aromatic nitrogens is 1. The fraction of sp³-hybridized carbons (Fsp3) is 0.375. The highest BCUT2D eigenvalue weighted by Crippen LogP contribution is 2.35. The number of hydrogen-bond donors (Lipinski definition) is 0. The Hall–Kier alpha value is -2.63. The monoisotopic (exact) mass is 396 g/mol. The van der Waals surface area contributed by atoms with Crippen molar-refractivity contribution in [2.75, 3.05) is 34.0 Å².